The maximum Gasteiger partial charge on any atom is 0.333 e. The van der Waals surface area contributed by atoms with E-state index in [1.54, 1.807) is 6.92 Å². The van der Waals surface area contributed by atoms with Gasteiger partial charge in [-0.2, -0.15) is 0 Å². The minimum Gasteiger partial charge on any atom is -0.462 e. The topological polar surface area (TPSA) is 46.5 Å². The van der Waals surface area contributed by atoms with Crippen molar-refractivity contribution in [1.82, 2.24) is 0 Å². The molecular weight excluding hydrogens is 204 g/mol. The molecule has 0 atom stereocenters. The van der Waals surface area contributed by atoms with E-state index in [-0.39, 0.29) is 5.97 Å². The molecule has 0 aromatic rings. The first-order valence-corrected chi connectivity index (χ1v) is 6.03. The Balaban J connectivity index is 0. The fraction of sp³-hybridized carbons (Fsp3) is 0.769. The van der Waals surface area contributed by atoms with Crippen molar-refractivity contribution in [2.24, 2.45) is 0 Å². The largest absolute Gasteiger partial charge is 0.462 e. The molecule has 0 amide bonds. The number of esters is 1. The van der Waals surface area contributed by atoms with Gasteiger partial charge in [0.15, 0.2) is 0 Å². The summed E-state index contributed by atoms with van der Waals surface area (Å²) < 4.78 is 4.91. The summed E-state index contributed by atoms with van der Waals surface area (Å²) in [4.78, 5) is 10.9. The number of rotatable bonds is 7. The fourth-order valence-corrected chi connectivity index (χ4v) is 0.817. The summed E-state index contributed by atoms with van der Waals surface area (Å²) in [6.45, 7) is 10.1. The molecule has 0 fully saturated rings. The molecule has 16 heavy (non-hydrogen) atoms. The molecule has 0 aromatic heterocycles. The molecule has 0 saturated carbocycles. The van der Waals surface area contributed by atoms with E-state index in [9.17, 15) is 4.79 Å². The van der Waals surface area contributed by atoms with E-state index < -0.39 is 0 Å². The van der Waals surface area contributed by atoms with Crippen molar-refractivity contribution in [1.29, 1.82) is 0 Å². The van der Waals surface area contributed by atoms with Crippen LogP contribution in [0.4, 0.5) is 0 Å². The van der Waals surface area contributed by atoms with Crippen LogP contribution >= 0.6 is 0 Å². The Hall–Kier alpha value is -0.830. The standard InChI is InChI=1S/C10H18O2.C3H8O/c1-4-5-6-7-8-12-10(11)9(2)3;1-2-3-4/h2,4-8H2,1,3H3;4H,2-3H2,1H3. The van der Waals surface area contributed by atoms with Crippen LogP contribution in [0.5, 0.6) is 0 Å². The lowest BCUT2D eigenvalue weighted by atomic mass is 10.2. The molecule has 0 aliphatic rings. The molecular formula is C13H26O3. The van der Waals surface area contributed by atoms with Crippen molar-refractivity contribution in [2.75, 3.05) is 13.2 Å². The Kier molecular flexibility index (Phi) is 15.6. The van der Waals surface area contributed by atoms with Gasteiger partial charge in [0.2, 0.25) is 0 Å². The van der Waals surface area contributed by atoms with Crippen LogP contribution in [0.15, 0.2) is 12.2 Å². The summed E-state index contributed by atoms with van der Waals surface area (Å²) in [5.41, 5.74) is 0.477. The van der Waals surface area contributed by atoms with Crippen molar-refractivity contribution in [3.05, 3.63) is 12.2 Å². The highest BCUT2D eigenvalue weighted by Gasteiger charge is 2.00. The zero-order chi connectivity index (χ0) is 12.8. The van der Waals surface area contributed by atoms with Crippen LogP contribution in [-0.2, 0) is 9.53 Å². The fourth-order valence-electron chi connectivity index (χ4n) is 0.817. The Bertz CT molecular complexity index is 174. The smallest absolute Gasteiger partial charge is 0.333 e. The van der Waals surface area contributed by atoms with Crippen LogP contribution in [0, 0.1) is 0 Å². The molecule has 0 radical (unpaired) electrons. The minimum atomic E-state index is -0.272. The average molecular weight is 230 g/mol. The van der Waals surface area contributed by atoms with E-state index in [2.05, 4.69) is 13.5 Å². The molecule has 0 aliphatic heterocycles. The van der Waals surface area contributed by atoms with Crippen molar-refractivity contribution in [3.8, 4) is 0 Å². The molecule has 3 nitrogen and oxygen atoms in total. The highest BCUT2D eigenvalue weighted by atomic mass is 16.5. The van der Waals surface area contributed by atoms with E-state index in [1.165, 1.54) is 12.8 Å². The van der Waals surface area contributed by atoms with E-state index in [0.717, 1.165) is 19.3 Å². The van der Waals surface area contributed by atoms with Crippen LogP contribution in [-0.4, -0.2) is 24.3 Å². The van der Waals surface area contributed by atoms with Gasteiger partial charge in [-0.05, 0) is 19.8 Å². The summed E-state index contributed by atoms with van der Waals surface area (Å²) in [6.07, 6.45) is 5.39. The summed E-state index contributed by atoms with van der Waals surface area (Å²) >= 11 is 0. The van der Waals surface area contributed by atoms with Gasteiger partial charge in [0.1, 0.15) is 0 Å². The monoisotopic (exact) mass is 230 g/mol. The second kappa shape index (κ2) is 14.2. The van der Waals surface area contributed by atoms with E-state index in [1.807, 2.05) is 6.92 Å². The molecule has 0 bridgehead atoms. The van der Waals surface area contributed by atoms with Gasteiger partial charge in [0.25, 0.3) is 0 Å². The van der Waals surface area contributed by atoms with Gasteiger partial charge < -0.3 is 9.84 Å². The molecule has 0 aliphatic carbocycles. The number of carbonyl (C=O) groups excluding carboxylic acids is 1. The predicted octanol–water partition coefficient (Wildman–Crippen LogP) is 3.07. The number of aliphatic hydroxyl groups excluding tert-OH is 1. The number of carbonyl (C=O) groups is 1. The first kappa shape index (κ1) is 17.6. The molecule has 0 aromatic carbocycles. The predicted molar refractivity (Wildman–Crippen MR) is 67.3 cm³/mol. The second-order valence-corrected chi connectivity index (χ2v) is 3.70. The highest BCUT2D eigenvalue weighted by molar-refractivity contribution is 5.86. The molecule has 0 rings (SSSR count). The van der Waals surface area contributed by atoms with Gasteiger partial charge in [-0.3, -0.25) is 0 Å². The highest BCUT2D eigenvalue weighted by Crippen LogP contribution is 2.00. The lowest BCUT2D eigenvalue weighted by Crippen LogP contribution is -2.05. The molecule has 3 heteroatoms. The zero-order valence-electron chi connectivity index (χ0n) is 10.9. The number of aliphatic hydroxyl groups is 1. The van der Waals surface area contributed by atoms with Crippen LogP contribution in [0.25, 0.3) is 0 Å². The molecule has 96 valence electrons. The van der Waals surface area contributed by atoms with E-state index in [4.69, 9.17) is 9.84 Å². The first-order chi connectivity index (χ1) is 7.59. The van der Waals surface area contributed by atoms with Crippen LogP contribution in [0.1, 0.15) is 52.9 Å². The molecule has 0 saturated heterocycles. The lowest BCUT2D eigenvalue weighted by molar-refractivity contribution is -0.139. The van der Waals surface area contributed by atoms with Gasteiger partial charge in [-0.25, -0.2) is 4.79 Å². The normalized spacial score (nSPS) is 9.00. The molecule has 0 heterocycles. The maximum atomic E-state index is 10.9. The summed E-state index contributed by atoms with van der Waals surface area (Å²) in [7, 11) is 0. The SMILES string of the molecule is C=C(C)C(=O)OCCCCCC.CCCO. The average Bonchev–Trinajstić information content (AvgIpc) is 2.28. The van der Waals surface area contributed by atoms with Crippen LogP contribution < -0.4 is 0 Å². The Morgan fingerprint density at radius 1 is 1.19 bits per heavy atom. The van der Waals surface area contributed by atoms with Gasteiger partial charge in [-0.15, -0.1) is 0 Å². The van der Waals surface area contributed by atoms with Gasteiger partial charge in [-0.1, -0.05) is 39.7 Å². The third-order valence-corrected chi connectivity index (χ3v) is 1.80. The Morgan fingerprint density at radius 3 is 2.12 bits per heavy atom. The third-order valence-electron chi connectivity index (χ3n) is 1.80. The number of unbranched alkanes of at least 4 members (excludes halogenated alkanes) is 3. The number of hydrogen-bond acceptors (Lipinski definition) is 3. The van der Waals surface area contributed by atoms with E-state index >= 15 is 0 Å². The van der Waals surface area contributed by atoms with E-state index in [0.29, 0.717) is 18.8 Å². The van der Waals surface area contributed by atoms with Gasteiger partial charge in [0, 0.05) is 12.2 Å². The molecule has 0 spiro atoms. The zero-order valence-corrected chi connectivity index (χ0v) is 10.9. The number of ether oxygens (including phenoxy) is 1. The van der Waals surface area contributed by atoms with Gasteiger partial charge in [0.05, 0.1) is 6.61 Å². The first-order valence-electron chi connectivity index (χ1n) is 6.03. The van der Waals surface area contributed by atoms with Crippen molar-refractivity contribution < 1.29 is 14.6 Å². The van der Waals surface area contributed by atoms with Crippen LogP contribution in [0.2, 0.25) is 0 Å². The quantitative estimate of drug-likeness (QED) is 0.415. The van der Waals surface area contributed by atoms with Crippen molar-refractivity contribution in [3.63, 3.8) is 0 Å². The summed E-state index contributed by atoms with van der Waals surface area (Å²) in [6, 6.07) is 0. The molecule has 0 unspecified atom stereocenters. The van der Waals surface area contributed by atoms with Gasteiger partial charge >= 0.3 is 5.97 Å². The summed E-state index contributed by atoms with van der Waals surface area (Å²) in [5, 5.41) is 7.88. The van der Waals surface area contributed by atoms with Crippen LogP contribution in [0.3, 0.4) is 0 Å². The minimum absolute atomic E-state index is 0.272. The Labute approximate surface area is 99.5 Å². The molecule has 1 N–H and O–H groups in total. The number of hydrogen-bond donors (Lipinski definition) is 1. The maximum absolute atomic E-state index is 10.9. The van der Waals surface area contributed by atoms with Crippen molar-refractivity contribution in [2.45, 2.75) is 52.9 Å². The third kappa shape index (κ3) is 15.6. The Morgan fingerprint density at radius 2 is 1.75 bits per heavy atom. The van der Waals surface area contributed by atoms with Crippen molar-refractivity contribution >= 4 is 5.97 Å². The lowest BCUT2D eigenvalue weighted by Gasteiger charge is -2.02. The summed E-state index contributed by atoms with van der Waals surface area (Å²) in [5.74, 6) is -0.272. The second-order valence-electron chi connectivity index (χ2n) is 3.70.